The van der Waals surface area contributed by atoms with Crippen LogP contribution in [-0.2, 0) is 25.9 Å². The summed E-state index contributed by atoms with van der Waals surface area (Å²) >= 11 is 0. The van der Waals surface area contributed by atoms with E-state index in [1.807, 2.05) is 24.3 Å². The fraction of sp³-hybridized carbons (Fsp3) is 0.267. The van der Waals surface area contributed by atoms with Crippen LogP contribution in [-0.4, -0.2) is 44.8 Å². The van der Waals surface area contributed by atoms with E-state index in [0.29, 0.717) is 25.9 Å². The number of hydrogen-bond donors (Lipinski definition) is 4. The predicted octanol–water partition coefficient (Wildman–Crippen LogP) is 2.37. The second-order valence-corrected chi connectivity index (χ2v) is 10.2. The van der Waals surface area contributed by atoms with Crippen LogP contribution in [0, 0.1) is 13.8 Å². The minimum atomic E-state index is -0.641. The molecule has 10 nitrogen and oxygen atoms in total. The van der Waals surface area contributed by atoms with E-state index in [1.165, 1.54) is 0 Å². The molecule has 10 heteroatoms. The minimum Gasteiger partial charge on any atom is -0.363 e. The predicted molar refractivity (Wildman–Crippen MR) is 151 cm³/mol. The standard InChI is InChI=1S/C30H30N8O2/c1-15-17(5-3-7-19(15)25-21-13-33-11-9-23(21)35-29(37-25)27(31)39)18-6-4-8-20(16(18)2)26-22-14-34-12-10-24(22)36-30(38-26)28(32)40/h3-8,33-34H,9-14H2,1-2H3,(H2,31,39)(H2,32,40). The first kappa shape index (κ1) is 25.7. The number of carbonyl (C=O) groups excluding carboxylic acids is 2. The molecule has 6 N–H and O–H groups in total. The van der Waals surface area contributed by atoms with Crippen molar-refractivity contribution in [3.8, 4) is 33.6 Å². The number of nitrogens with two attached hydrogens (primary N) is 2. The second-order valence-electron chi connectivity index (χ2n) is 10.2. The summed E-state index contributed by atoms with van der Waals surface area (Å²) < 4.78 is 0. The van der Waals surface area contributed by atoms with Crippen LogP contribution in [0.5, 0.6) is 0 Å². The summed E-state index contributed by atoms with van der Waals surface area (Å²) in [5.41, 5.74) is 22.3. The number of hydrogen-bond acceptors (Lipinski definition) is 8. The van der Waals surface area contributed by atoms with Crippen molar-refractivity contribution in [1.29, 1.82) is 0 Å². The van der Waals surface area contributed by atoms with Crippen LogP contribution >= 0.6 is 0 Å². The molecule has 0 saturated heterocycles. The third-order valence-electron chi connectivity index (χ3n) is 7.78. The molecule has 2 aromatic carbocycles. The van der Waals surface area contributed by atoms with Crippen molar-refractivity contribution in [2.45, 2.75) is 39.8 Å². The zero-order valence-corrected chi connectivity index (χ0v) is 22.5. The Morgan fingerprint density at radius 1 is 0.650 bits per heavy atom. The molecular weight excluding hydrogens is 504 g/mol. The lowest BCUT2D eigenvalue weighted by Gasteiger charge is -2.23. The summed E-state index contributed by atoms with van der Waals surface area (Å²) in [6.45, 7) is 6.94. The molecule has 0 bridgehead atoms. The number of aromatic nitrogens is 4. The third kappa shape index (κ3) is 4.41. The van der Waals surface area contributed by atoms with Gasteiger partial charge in [-0.15, -0.1) is 0 Å². The highest BCUT2D eigenvalue weighted by molar-refractivity contribution is 5.91. The molecule has 0 atom stereocenters. The molecule has 2 aliphatic heterocycles. The Morgan fingerprint density at radius 2 is 1.05 bits per heavy atom. The summed E-state index contributed by atoms with van der Waals surface area (Å²) in [6.07, 6.45) is 1.41. The first-order valence-electron chi connectivity index (χ1n) is 13.3. The summed E-state index contributed by atoms with van der Waals surface area (Å²) in [5, 5.41) is 6.78. The summed E-state index contributed by atoms with van der Waals surface area (Å²) in [4.78, 5) is 42.3. The average molecular weight is 535 g/mol. The van der Waals surface area contributed by atoms with E-state index >= 15 is 0 Å². The topological polar surface area (TPSA) is 162 Å². The molecule has 0 aliphatic carbocycles. The highest BCUT2D eigenvalue weighted by atomic mass is 16.1. The van der Waals surface area contributed by atoms with Crippen molar-refractivity contribution in [2.24, 2.45) is 11.5 Å². The maximum Gasteiger partial charge on any atom is 0.286 e. The van der Waals surface area contributed by atoms with Gasteiger partial charge in [-0.2, -0.15) is 0 Å². The fourth-order valence-electron chi connectivity index (χ4n) is 5.72. The summed E-state index contributed by atoms with van der Waals surface area (Å²) in [6, 6.07) is 12.2. The Labute approximate surface area is 231 Å². The molecule has 0 saturated carbocycles. The molecule has 2 amide bonds. The number of nitrogens with zero attached hydrogens (tertiary/aromatic N) is 4. The van der Waals surface area contributed by atoms with Crippen LogP contribution in [0.2, 0.25) is 0 Å². The maximum absolute atomic E-state index is 12.1. The summed E-state index contributed by atoms with van der Waals surface area (Å²) in [7, 11) is 0. The minimum absolute atomic E-state index is 0.0334. The van der Waals surface area contributed by atoms with Gasteiger partial charge < -0.3 is 22.1 Å². The van der Waals surface area contributed by atoms with Crippen molar-refractivity contribution >= 4 is 11.8 Å². The molecule has 202 valence electrons. The largest absolute Gasteiger partial charge is 0.363 e. The Balaban J connectivity index is 1.52. The first-order chi connectivity index (χ1) is 19.3. The van der Waals surface area contributed by atoms with E-state index in [4.69, 9.17) is 11.5 Å². The third-order valence-corrected chi connectivity index (χ3v) is 7.78. The smallest absolute Gasteiger partial charge is 0.286 e. The lowest BCUT2D eigenvalue weighted by molar-refractivity contribution is 0.0982. The van der Waals surface area contributed by atoms with E-state index < -0.39 is 11.8 Å². The molecule has 4 aromatic rings. The second kappa shape index (κ2) is 10.2. The van der Waals surface area contributed by atoms with Crippen LogP contribution in [0.1, 0.15) is 54.9 Å². The van der Waals surface area contributed by atoms with Gasteiger partial charge in [0.05, 0.1) is 22.8 Å². The molecule has 6 rings (SSSR count). The van der Waals surface area contributed by atoms with Gasteiger partial charge in [0.25, 0.3) is 11.8 Å². The molecule has 40 heavy (non-hydrogen) atoms. The number of amides is 2. The van der Waals surface area contributed by atoms with Gasteiger partial charge >= 0.3 is 0 Å². The molecule has 0 fully saturated rings. The SMILES string of the molecule is Cc1c(-c2cccc(-c3nc(C(N)=O)nc4c3CNCC4)c2C)cccc1-c1nc(C(N)=O)nc2c1CNCC2. The molecule has 0 radical (unpaired) electrons. The van der Waals surface area contributed by atoms with Crippen LogP contribution in [0.25, 0.3) is 33.6 Å². The van der Waals surface area contributed by atoms with E-state index in [1.54, 1.807) is 0 Å². The van der Waals surface area contributed by atoms with Crippen molar-refractivity contribution in [1.82, 2.24) is 30.6 Å². The van der Waals surface area contributed by atoms with Gasteiger partial charge in [0, 0.05) is 61.3 Å². The molecule has 0 unspecified atom stereocenters. The van der Waals surface area contributed by atoms with Gasteiger partial charge in [-0.25, -0.2) is 19.9 Å². The molecular formula is C30H30N8O2. The number of primary amides is 2. The van der Waals surface area contributed by atoms with Crippen LogP contribution in [0.3, 0.4) is 0 Å². The fourth-order valence-corrected chi connectivity index (χ4v) is 5.72. The lowest BCUT2D eigenvalue weighted by Crippen LogP contribution is -2.28. The zero-order valence-electron chi connectivity index (χ0n) is 22.5. The van der Waals surface area contributed by atoms with Gasteiger partial charge in [-0.05, 0) is 36.1 Å². The van der Waals surface area contributed by atoms with Crippen molar-refractivity contribution in [3.05, 3.63) is 81.7 Å². The highest BCUT2D eigenvalue weighted by Gasteiger charge is 2.24. The average Bonchev–Trinajstić information content (AvgIpc) is 2.96. The number of fused-ring (bicyclic) bond motifs is 2. The number of nitrogens with one attached hydrogen (secondary N) is 2. The quantitative estimate of drug-likeness (QED) is 0.303. The van der Waals surface area contributed by atoms with Crippen LogP contribution in [0.4, 0.5) is 0 Å². The lowest BCUT2D eigenvalue weighted by atomic mass is 9.87. The Kier molecular flexibility index (Phi) is 6.57. The summed E-state index contributed by atoms with van der Waals surface area (Å²) in [5.74, 6) is -1.21. The monoisotopic (exact) mass is 534 g/mol. The zero-order chi connectivity index (χ0) is 28.0. The Hall–Kier alpha value is -4.54. The van der Waals surface area contributed by atoms with Crippen molar-refractivity contribution in [3.63, 3.8) is 0 Å². The Bertz CT molecular complexity index is 1570. The van der Waals surface area contributed by atoms with E-state index in [0.717, 1.165) is 80.4 Å². The van der Waals surface area contributed by atoms with Crippen molar-refractivity contribution < 1.29 is 9.59 Å². The molecule has 2 aliphatic rings. The normalized spacial score (nSPS) is 14.3. The van der Waals surface area contributed by atoms with Gasteiger partial charge in [0.2, 0.25) is 11.6 Å². The van der Waals surface area contributed by atoms with E-state index in [-0.39, 0.29) is 11.6 Å². The van der Waals surface area contributed by atoms with Gasteiger partial charge in [0.1, 0.15) is 0 Å². The molecule has 4 heterocycles. The van der Waals surface area contributed by atoms with Gasteiger partial charge in [0.15, 0.2) is 0 Å². The number of rotatable bonds is 5. The molecule has 0 spiro atoms. The Morgan fingerprint density at radius 3 is 1.45 bits per heavy atom. The molecule has 2 aromatic heterocycles. The van der Waals surface area contributed by atoms with Crippen LogP contribution < -0.4 is 22.1 Å². The van der Waals surface area contributed by atoms with Crippen LogP contribution in [0.15, 0.2) is 36.4 Å². The number of benzene rings is 2. The first-order valence-corrected chi connectivity index (χ1v) is 13.3. The van der Waals surface area contributed by atoms with Gasteiger partial charge in [-0.1, -0.05) is 36.4 Å². The highest BCUT2D eigenvalue weighted by Crippen LogP contribution is 2.38. The number of carbonyl (C=O) groups is 2. The van der Waals surface area contributed by atoms with E-state index in [9.17, 15) is 9.59 Å². The van der Waals surface area contributed by atoms with E-state index in [2.05, 4.69) is 56.5 Å². The maximum atomic E-state index is 12.1. The van der Waals surface area contributed by atoms with Gasteiger partial charge in [-0.3, -0.25) is 9.59 Å². The van der Waals surface area contributed by atoms with Crippen molar-refractivity contribution in [2.75, 3.05) is 13.1 Å².